The van der Waals surface area contributed by atoms with Crippen LogP contribution in [-0.4, -0.2) is 11.3 Å². The number of carbonyl (C=O) groups is 1. The van der Waals surface area contributed by atoms with Crippen molar-refractivity contribution in [2.24, 2.45) is 0 Å². The number of nitrogens with zero attached hydrogens (tertiary/aromatic N) is 1. The summed E-state index contributed by atoms with van der Waals surface area (Å²) in [6, 6.07) is 4.96. The molecule has 0 aliphatic carbocycles. The number of hydrogen-bond donors (Lipinski definition) is 0. The molecule has 0 saturated carbocycles. The van der Waals surface area contributed by atoms with Gasteiger partial charge in [-0.25, -0.2) is 4.98 Å². The van der Waals surface area contributed by atoms with Crippen LogP contribution in [0.4, 0.5) is 0 Å². The van der Waals surface area contributed by atoms with Crippen molar-refractivity contribution >= 4 is 40.3 Å². The third kappa shape index (κ3) is 1.47. The van der Waals surface area contributed by atoms with Gasteiger partial charge in [0.1, 0.15) is 5.15 Å². The Bertz CT molecular complexity index is 511. The first-order valence-corrected chi connectivity index (χ1v) is 4.67. The predicted molar refractivity (Wildman–Crippen MR) is 57.2 cm³/mol. The van der Waals surface area contributed by atoms with Gasteiger partial charge in [-0.05, 0) is 23.6 Å². The number of halogens is 2. The molecule has 0 amide bonds. The zero-order chi connectivity index (χ0) is 10.1. The minimum Gasteiger partial charge on any atom is -0.298 e. The minimum atomic E-state index is 0.350. The first kappa shape index (κ1) is 9.44. The van der Waals surface area contributed by atoms with Gasteiger partial charge >= 0.3 is 0 Å². The Morgan fingerprint density at radius 3 is 2.71 bits per heavy atom. The number of rotatable bonds is 1. The second kappa shape index (κ2) is 3.56. The van der Waals surface area contributed by atoms with Gasteiger partial charge in [0, 0.05) is 22.2 Å². The number of fused-ring (bicyclic) bond motifs is 1. The summed E-state index contributed by atoms with van der Waals surface area (Å²) in [5.74, 6) is 0. The molecule has 14 heavy (non-hydrogen) atoms. The van der Waals surface area contributed by atoms with E-state index in [2.05, 4.69) is 4.98 Å². The van der Waals surface area contributed by atoms with Crippen LogP contribution in [0.1, 0.15) is 10.4 Å². The Balaban J connectivity index is 2.92. The molecule has 2 nitrogen and oxygen atoms in total. The summed E-state index contributed by atoms with van der Waals surface area (Å²) in [7, 11) is 0. The molecule has 0 aliphatic rings. The molecule has 0 atom stereocenters. The predicted octanol–water partition coefficient (Wildman–Crippen LogP) is 3.35. The van der Waals surface area contributed by atoms with Crippen molar-refractivity contribution in [3.63, 3.8) is 0 Å². The van der Waals surface area contributed by atoms with E-state index in [9.17, 15) is 4.79 Å². The summed E-state index contributed by atoms with van der Waals surface area (Å²) in [6.07, 6.45) is 2.34. The number of aldehydes is 1. The normalized spacial score (nSPS) is 10.4. The largest absolute Gasteiger partial charge is 0.298 e. The number of hydrogen-bond acceptors (Lipinski definition) is 2. The van der Waals surface area contributed by atoms with Crippen molar-refractivity contribution in [1.29, 1.82) is 0 Å². The lowest BCUT2D eigenvalue weighted by Crippen LogP contribution is -1.86. The Hall–Kier alpha value is -1.12. The van der Waals surface area contributed by atoms with Gasteiger partial charge in [-0.15, -0.1) is 0 Å². The molecule has 70 valence electrons. The topological polar surface area (TPSA) is 30.0 Å². The summed E-state index contributed by atoms with van der Waals surface area (Å²) in [5, 5.41) is 2.38. The van der Waals surface area contributed by atoms with E-state index in [-0.39, 0.29) is 0 Å². The van der Waals surface area contributed by atoms with E-state index in [0.717, 1.165) is 17.1 Å². The van der Waals surface area contributed by atoms with E-state index >= 15 is 0 Å². The second-order valence-electron chi connectivity index (χ2n) is 2.81. The minimum absolute atomic E-state index is 0.350. The highest BCUT2D eigenvalue weighted by Crippen LogP contribution is 2.26. The van der Waals surface area contributed by atoms with E-state index in [4.69, 9.17) is 23.2 Å². The maximum atomic E-state index is 10.7. The molecule has 1 aromatic carbocycles. The van der Waals surface area contributed by atoms with E-state index in [1.54, 1.807) is 24.4 Å². The van der Waals surface area contributed by atoms with Crippen molar-refractivity contribution in [1.82, 2.24) is 4.98 Å². The molecule has 2 aromatic rings. The third-order valence-electron chi connectivity index (χ3n) is 1.98. The average molecular weight is 226 g/mol. The molecule has 0 saturated heterocycles. The first-order valence-electron chi connectivity index (χ1n) is 3.91. The molecule has 1 heterocycles. The highest BCUT2D eigenvalue weighted by Gasteiger charge is 2.05. The van der Waals surface area contributed by atoms with Crippen molar-refractivity contribution in [2.45, 2.75) is 0 Å². The summed E-state index contributed by atoms with van der Waals surface area (Å²) in [5.41, 5.74) is 0.564. The standard InChI is InChI=1S/C10H5Cl2NO/c11-9-2-1-6(5-14)7-3-10(12)13-4-8(7)9/h1-5H. The van der Waals surface area contributed by atoms with Gasteiger partial charge in [0.2, 0.25) is 0 Å². The molecule has 0 N–H and O–H groups in total. The lowest BCUT2D eigenvalue weighted by atomic mass is 10.1. The summed E-state index contributed by atoms with van der Waals surface area (Å²) >= 11 is 11.7. The van der Waals surface area contributed by atoms with Crippen LogP contribution in [0.15, 0.2) is 24.4 Å². The maximum absolute atomic E-state index is 10.7. The van der Waals surface area contributed by atoms with Crippen LogP contribution < -0.4 is 0 Å². The SMILES string of the molecule is O=Cc1ccc(Cl)c2cnc(Cl)cc12. The maximum Gasteiger partial charge on any atom is 0.150 e. The van der Waals surface area contributed by atoms with Crippen LogP contribution >= 0.6 is 23.2 Å². The van der Waals surface area contributed by atoms with Gasteiger partial charge in [-0.1, -0.05) is 23.2 Å². The van der Waals surface area contributed by atoms with Gasteiger partial charge in [-0.3, -0.25) is 4.79 Å². The summed E-state index contributed by atoms with van der Waals surface area (Å²) < 4.78 is 0. The van der Waals surface area contributed by atoms with Gasteiger partial charge in [0.25, 0.3) is 0 Å². The fourth-order valence-electron chi connectivity index (χ4n) is 1.30. The van der Waals surface area contributed by atoms with Gasteiger partial charge in [-0.2, -0.15) is 0 Å². The van der Waals surface area contributed by atoms with Gasteiger partial charge < -0.3 is 0 Å². The Kier molecular flexibility index (Phi) is 2.40. The molecule has 0 unspecified atom stereocenters. The van der Waals surface area contributed by atoms with Crippen molar-refractivity contribution < 1.29 is 4.79 Å². The van der Waals surface area contributed by atoms with E-state index < -0.39 is 0 Å². The second-order valence-corrected chi connectivity index (χ2v) is 3.60. The molecule has 2 rings (SSSR count). The highest BCUT2D eigenvalue weighted by atomic mass is 35.5. The van der Waals surface area contributed by atoms with E-state index in [0.29, 0.717) is 15.7 Å². The molecule has 0 aliphatic heterocycles. The molecule has 4 heteroatoms. The smallest absolute Gasteiger partial charge is 0.150 e. The van der Waals surface area contributed by atoms with Crippen LogP contribution in [0, 0.1) is 0 Å². The van der Waals surface area contributed by atoms with Crippen LogP contribution in [0.2, 0.25) is 10.2 Å². The van der Waals surface area contributed by atoms with E-state index in [1.165, 1.54) is 0 Å². The molecular weight excluding hydrogens is 221 g/mol. The Labute approximate surface area is 90.5 Å². The monoisotopic (exact) mass is 225 g/mol. The number of carbonyl (C=O) groups excluding carboxylic acids is 1. The van der Waals surface area contributed by atoms with Crippen LogP contribution in [0.3, 0.4) is 0 Å². The third-order valence-corrected chi connectivity index (χ3v) is 2.51. The van der Waals surface area contributed by atoms with Crippen LogP contribution in [0.5, 0.6) is 0 Å². The number of benzene rings is 1. The molecule has 0 bridgehead atoms. The Morgan fingerprint density at radius 2 is 2.00 bits per heavy atom. The van der Waals surface area contributed by atoms with Crippen molar-refractivity contribution in [2.75, 3.05) is 0 Å². The highest BCUT2D eigenvalue weighted by molar-refractivity contribution is 6.36. The molecule has 0 radical (unpaired) electrons. The zero-order valence-corrected chi connectivity index (χ0v) is 8.51. The molecule has 1 aromatic heterocycles. The number of pyridine rings is 1. The van der Waals surface area contributed by atoms with Crippen LogP contribution in [0.25, 0.3) is 10.8 Å². The zero-order valence-electron chi connectivity index (χ0n) is 7.00. The quantitative estimate of drug-likeness (QED) is 0.551. The van der Waals surface area contributed by atoms with Crippen molar-refractivity contribution in [3.05, 3.63) is 40.1 Å². The van der Waals surface area contributed by atoms with Gasteiger partial charge in [0.15, 0.2) is 6.29 Å². The molecular formula is C10H5Cl2NO. The fraction of sp³-hybridized carbons (Fsp3) is 0. The fourth-order valence-corrected chi connectivity index (χ4v) is 1.68. The first-order chi connectivity index (χ1) is 6.72. The molecule has 0 spiro atoms. The Morgan fingerprint density at radius 1 is 1.21 bits per heavy atom. The van der Waals surface area contributed by atoms with Crippen LogP contribution in [-0.2, 0) is 0 Å². The van der Waals surface area contributed by atoms with Gasteiger partial charge in [0.05, 0.1) is 0 Å². The number of aromatic nitrogens is 1. The molecule has 0 fully saturated rings. The van der Waals surface area contributed by atoms with E-state index in [1.807, 2.05) is 0 Å². The summed E-state index contributed by atoms with van der Waals surface area (Å²) in [4.78, 5) is 14.6. The summed E-state index contributed by atoms with van der Waals surface area (Å²) in [6.45, 7) is 0. The average Bonchev–Trinajstić information content (AvgIpc) is 2.18. The lowest BCUT2D eigenvalue weighted by molar-refractivity contribution is 0.112. The lowest BCUT2D eigenvalue weighted by Gasteiger charge is -2.02. The van der Waals surface area contributed by atoms with Crippen molar-refractivity contribution in [3.8, 4) is 0 Å².